The van der Waals surface area contributed by atoms with Gasteiger partial charge in [0.15, 0.2) is 5.96 Å². The third-order valence-electron chi connectivity index (χ3n) is 4.02. The molecular weight excluding hydrogens is 336 g/mol. The van der Waals surface area contributed by atoms with Crippen molar-refractivity contribution in [2.45, 2.75) is 51.7 Å². The monoisotopic (exact) mass is 366 g/mol. The predicted molar refractivity (Wildman–Crippen MR) is 103 cm³/mol. The van der Waals surface area contributed by atoms with Crippen molar-refractivity contribution in [3.63, 3.8) is 0 Å². The van der Waals surface area contributed by atoms with Gasteiger partial charge in [0.25, 0.3) is 0 Å². The topological polar surface area (TPSA) is 66.0 Å². The van der Waals surface area contributed by atoms with E-state index >= 15 is 0 Å². The van der Waals surface area contributed by atoms with Crippen molar-refractivity contribution in [2.24, 2.45) is 4.99 Å². The van der Waals surface area contributed by atoms with Crippen LogP contribution >= 0.6 is 11.3 Å². The number of guanidine groups is 1. The number of likely N-dealkylation sites (tertiary alicyclic amines) is 1. The Bertz CT molecular complexity index is 580. The highest BCUT2D eigenvalue weighted by Crippen LogP contribution is 2.20. The number of ether oxygens (including phenoxy) is 1. The summed E-state index contributed by atoms with van der Waals surface area (Å²) in [6, 6.07) is 4.33. The molecule has 7 heteroatoms. The lowest BCUT2D eigenvalue weighted by Crippen LogP contribution is -2.44. The number of carbonyl (C=O) groups is 1. The summed E-state index contributed by atoms with van der Waals surface area (Å²) in [6.07, 6.45) is 0.536. The third kappa shape index (κ3) is 6.23. The van der Waals surface area contributed by atoms with E-state index in [9.17, 15) is 4.79 Å². The summed E-state index contributed by atoms with van der Waals surface area (Å²) < 4.78 is 5.33. The molecule has 25 heavy (non-hydrogen) atoms. The quantitative estimate of drug-likeness (QED) is 0.635. The van der Waals surface area contributed by atoms with E-state index in [1.807, 2.05) is 20.8 Å². The Morgan fingerprint density at radius 1 is 1.52 bits per heavy atom. The van der Waals surface area contributed by atoms with Crippen LogP contribution < -0.4 is 10.6 Å². The van der Waals surface area contributed by atoms with Crippen molar-refractivity contribution in [1.29, 1.82) is 0 Å². The van der Waals surface area contributed by atoms with Crippen molar-refractivity contribution in [3.05, 3.63) is 22.4 Å². The number of thiophene rings is 1. The van der Waals surface area contributed by atoms with E-state index in [4.69, 9.17) is 4.74 Å². The standard InChI is InChI=1S/C18H30N4O2S/c1-13(15-7-6-10-25-15)11-20-16(19-5)22-9-8-14(12-22)21-17(23)24-18(2,3)4/h6-7,10,13-14H,8-9,11-12H2,1-5H3,(H,19,20)(H,21,23). The highest BCUT2D eigenvalue weighted by atomic mass is 32.1. The second-order valence-corrected chi connectivity index (χ2v) is 8.40. The van der Waals surface area contributed by atoms with Gasteiger partial charge in [0.2, 0.25) is 0 Å². The van der Waals surface area contributed by atoms with Crippen molar-refractivity contribution in [1.82, 2.24) is 15.5 Å². The molecule has 1 aliphatic heterocycles. The van der Waals surface area contributed by atoms with E-state index < -0.39 is 5.60 Å². The van der Waals surface area contributed by atoms with Gasteiger partial charge in [0.1, 0.15) is 5.60 Å². The van der Waals surface area contributed by atoms with Gasteiger partial charge in [0.05, 0.1) is 6.04 Å². The molecule has 1 fully saturated rings. The molecule has 1 saturated heterocycles. The van der Waals surface area contributed by atoms with Crippen LogP contribution in [-0.2, 0) is 4.74 Å². The normalized spacial score (nSPS) is 19.6. The van der Waals surface area contributed by atoms with Gasteiger partial charge < -0.3 is 20.3 Å². The Kier molecular flexibility index (Phi) is 6.70. The number of carbonyl (C=O) groups excluding carboxylic acids is 1. The Hall–Kier alpha value is -1.76. The molecule has 1 aromatic heterocycles. The summed E-state index contributed by atoms with van der Waals surface area (Å²) >= 11 is 1.78. The zero-order valence-corrected chi connectivity index (χ0v) is 16.7. The summed E-state index contributed by atoms with van der Waals surface area (Å²) in [7, 11) is 1.80. The summed E-state index contributed by atoms with van der Waals surface area (Å²) in [5, 5.41) is 8.50. The second kappa shape index (κ2) is 8.56. The number of alkyl carbamates (subject to hydrolysis) is 1. The first kappa shape index (κ1) is 19.6. The minimum absolute atomic E-state index is 0.0862. The first-order chi connectivity index (χ1) is 11.8. The summed E-state index contributed by atoms with van der Waals surface area (Å²) in [5.41, 5.74) is -0.474. The molecule has 0 bridgehead atoms. The van der Waals surface area contributed by atoms with Gasteiger partial charge in [-0.15, -0.1) is 11.3 Å². The molecule has 6 nitrogen and oxygen atoms in total. The molecule has 0 spiro atoms. The minimum Gasteiger partial charge on any atom is -0.444 e. The summed E-state index contributed by atoms with van der Waals surface area (Å²) in [4.78, 5) is 19.9. The molecule has 2 unspecified atom stereocenters. The number of hydrogen-bond acceptors (Lipinski definition) is 4. The lowest BCUT2D eigenvalue weighted by molar-refractivity contribution is 0.0507. The Morgan fingerprint density at radius 2 is 2.28 bits per heavy atom. The van der Waals surface area contributed by atoms with Crippen LogP contribution in [-0.4, -0.2) is 55.3 Å². The van der Waals surface area contributed by atoms with Crippen molar-refractivity contribution >= 4 is 23.4 Å². The van der Waals surface area contributed by atoms with E-state index in [0.717, 1.165) is 32.0 Å². The number of nitrogens with one attached hydrogen (secondary N) is 2. The average molecular weight is 367 g/mol. The first-order valence-electron chi connectivity index (χ1n) is 8.77. The SMILES string of the molecule is CN=C(NCC(C)c1cccs1)N1CCC(NC(=O)OC(C)(C)C)C1. The van der Waals surface area contributed by atoms with Gasteiger partial charge in [-0.3, -0.25) is 4.99 Å². The van der Waals surface area contributed by atoms with E-state index in [2.05, 4.69) is 45.0 Å². The largest absolute Gasteiger partial charge is 0.444 e. The van der Waals surface area contributed by atoms with Gasteiger partial charge >= 0.3 is 6.09 Å². The number of amides is 1. The zero-order valence-electron chi connectivity index (χ0n) is 15.8. The molecule has 0 saturated carbocycles. The van der Waals surface area contributed by atoms with E-state index in [1.54, 1.807) is 18.4 Å². The lowest BCUT2D eigenvalue weighted by Gasteiger charge is -2.24. The fourth-order valence-electron chi connectivity index (χ4n) is 2.79. The highest BCUT2D eigenvalue weighted by Gasteiger charge is 2.28. The smallest absolute Gasteiger partial charge is 0.407 e. The van der Waals surface area contributed by atoms with Crippen LogP contribution in [0, 0.1) is 0 Å². The van der Waals surface area contributed by atoms with Crippen LogP contribution in [0.3, 0.4) is 0 Å². The molecule has 2 N–H and O–H groups in total. The van der Waals surface area contributed by atoms with Crippen LogP contribution in [0.2, 0.25) is 0 Å². The maximum absolute atomic E-state index is 11.9. The number of aliphatic imine (C=N–C) groups is 1. The molecule has 0 aromatic carbocycles. The van der Waals surface area contributed by atoms with Crippen molar-refractivity contribution in [3.8, 4) is 0 Å². The van der Waals surface area contributed by atoms with Gasteiger partial charge in [-0.1, -0.05) is 13.0 Å². The predicted octanol–water partition coefficient (Wildman–Crippen LogP) is 3.03. The van der Waals surface area contributed by atoms with E-state index in [1.165, 1.54) is 4.88 Å². The van der Waals surface area contributed by atoms with Crippen LogP contribution in [0.15, 0.2) is 22.5 Å². The molecule has 0 aliphatic carbocycles. The molecule has 1 aromatic rings. The van der Waals surface area contributed by atoms with E-state index in [0.29, 0.717) is 5.92 Å². The van der Waals surface area contributed by atoms with Crippen molar-refractivity contribution < 1.29 is 9.53 Å². The maximum atomic E-state index is 11.9. The van der Waals surface area contributed by atoms with Crippen LogP contribution in [0.4, 0.5) is 4.79 Å². The molecule has 1 aliphatic rings. The lowest BCUT2D eigenvalue weighted by atomic mass is 10.1. The third-order valence-corrected chi connectivity index (χ3v) is 5.12. The molecule has 0 radical (unpaired) electrons. The maximum Gasteiger partial charge on any atom is 0.407 e. The van der Waals surface area contributed by atoms with Crippen LogP contribution in [0.1, 0.15) is 44.9 Å². The fourth-order valence-corrected chi connectivity index (χ4v) is 3.58. The molecule has 1 amide bonds. The average Bonchev–Trinajstić information content (AvgIpc) is 3.17. The van der Waals surface area contributed by atoms with Crippen molar-refractivity contribution in [2.75, 3.05) is 26.7 Å². The van der Waals surface area contributed by atoms with Gasteiger partial charge in [-0.25, -0.2) is 4.79 Å². The van der Waals surface area contributed by atoms with Gasteiger partial charge in [0, 0.05) is 37.5 Å². The van der Waals surface area contributed by atoms with Gasteiger partial charge in [-0.2, -0.15) is 0 Å². The Morgan fingerprint density at radius 3 is 2.88 bits per heavy atom. The highest BCUT2D eigenvalue weighted by molar-refractivity contribution is 7.10. The van der Waals surface area contributed by atoms with E-state index in [-0.39, 0.29) is 12.1 Å². The molecule has 2 heterocycles. The second-order valence-electron chi connectivity index (χ2n) is 7.42. The summed E-state index contributed by atoms with van der Waals surface area (Å²) in [6.45, 7) is 10.3. The number of hydrogen-bond donors (Lipinski definition) is 2. The van der Waals surface area contributed by atoms with Gasteiger partial charge in [-0.05, 0) is 38.6 Å². The zero-order chi connectivity index (χ0) is 18.4. The fraction of sp³-hybridized carbons (Fsp3) is 0.667. The Labute approximate surface area is 154 Å². The Balaban J connectivity index is 1.79. The summed E-state index contributed by atoms with van der Waals surface area (Å²) in [5.74, 6) is 1.33. The van der Waals surface area contributed by atoms with Crippen LogP contribution in [0.5, 0.6) is 0 Å². The number of nitrogens with zero attached hydrogens (tertiary/aromatic N) is 2. The molecule has 2 atom stereocenters. The number of rotatable bonds is 4. The molecule has 140 valence electrons. The minimum atomic E-state index is -0.474. The molecular formula is C18H30N4O2S. The van der Waals surface area contributed by atoms with Crippen LogP contribution in [0.25, 0.3) is 0 Å². The first-order valence-corrected chi connectivity index (χ1v) is 9.65. The molecule has 2 rings (SSSR count).